The third-order valence-electron chi connectivity index (χ3n) is 6.72. The van der Waals surface area contributed by atoms with Crippen LogP contribution in [0.2, 0.25) is 0 Å². The summed E-state index contributed by atoms with van der Waals surface area (Å²) in [4.78, 5) is 37.9. The topological polar surface area (TPSA) is 386 Å². The molecule has 12 N–H and O–H groups in total. The smallest absolute Gasteiger partial charge is 0.415 e. The molecule has 21 nitrogen and oxygen atoms in total. The zero-order valence-corrected chi connectivity index (χ0v) is 31.2. The number of rotatable bonds is 6. The largest absolute Gasteiger partial charge is 3.00 e. The summed E-state index contributed by atoms with van der Waals surface area (Å²) in [5, 5.41) is 24.0. The van der Waals surface area contributed by atoms with E-state index >= 15 is 0 Å². The maximum Gasteiger partial charge on any atom is 3.00 e. The Morgan fingerprint density at radius 3 is 0.672 bits per heavy atom. The van der Waals surface area contributed by atoms with Crippen LogP contribution in [0.15, 0.2) is 146 Å². The van der Waals surface area contributed by atoms with Crippen molar-refractivity contribution in [3.8, 4) is 69.1 Å². The second-order valence-electron chi connectivity index (χ2n) is 10.2. The monoisotopic (exact) mass is 826 g/mol. The molecule has 0 aromatic carbocycles. The molecular weight excluding hydrogens is 790 g/mol. The molecule has 0 atom stereocenters. The average molecular weight is 827 g/mol. The van der Waals surface area contributed by atoms with Gasteiger partial charge in [-0.25, -0.2) is 0 Å². The molecular formula is C36H36CrN15O6. The van der Waals surface area contributed by atoms with Gasteiger partial charge in [-0.1, -0.05) is 36.4 Å². The molecule has 58 heavy (non-hydrogen) atoms. The van der Waals surface area contributed by atoms with Gasteiger partial charge in [-0.15, -0.1) is 0 Å². The van der Waals surface area contributed by atoms with E-state index in [0.29, 0.717) is 69.1 Å². The predicted octanol–water partition coefficient (Wildman–Crippen LogP) is -0.277. The minimum absolute atomic E-state index is 0. The molecule has 0 bridgehead atoms. The van der Waals surface area contributed by atoms with Gasteiger partial charge in [0.1, 0.15) is 0 Å². The summed E-state index contributed by atoms with van der Waals surface area (Å²) < 4.78 is 0. The van der Waals surface area contributed by atoms with Crippen molar-refractivity contribution in [2.45, 2.75) is 0 Å². The fourth-order valence-corrected chi connectivity index (χ4v) is 4.34. The molecule has 0 aliphatic heterocycles. The molecule has 1 radical (unpaired) electrons. The Bertz CT molecular complexity index is 1950. The van der Waals surface area contributed by atoms with Crippen LogP contribution in [0.5, 0.6) is 0 Å². The number of hydrogen-bond donors (Lipinski definition) is 0. The molecule has 9 rings (SSSR count). The Kier molecular flexibility index (Phi) is 22.4. The molecule has 9 aromatic heterocycles. The number of pyridine rings is 6. The maximum absolute atomic E-state index is 4.30. The number of aromatic nitrogens is 15. The summed E-state index contributed by atoms with van der Waals surface area (Å²) in [7, 11) is 0. The Morgan fingerprint density at radius 2 is 0.483 bits per heavy atom. The third-order valence-corrected chi connectivity index (χ3v) is 6.72. The molecule has 0 spiro atoms. The second-order valence-corrected chi connectivity index (χ2v) is 10.2. The van der Waals surface area contributed by atoms with E-state index in [-0.39, 0.29) is 50.2 Å². The van der Waals surface area contributed by atoms with Crippen LogP contribution in [0, 0.1) is 0 Å². The van der Waals surface area contributed by atoms with Crippen LogP contribution in [0.4, 0.5) is 0 Å². The van der Waals surface area contributed by atoms with Gasteiger partial charge in [0.25, 0.3) is 0 Å². The number of nitrogens with zero attached hydrogens (tertiary/aromatic N) is 15. The standard InChI is InChI=1S/3C12H8N5.Cr.6H2O/c3*1-3-7-13-9(5-1)11-15-12(17-16-11)10-6-2-4-8-14-10;;;;;;;/h3*1-8H;;6*1H2/q3*-1;+3;;;;;;. The van der Waals surface area contributed by atoms with E-state index in [1.54, 1.807) is 37.2 Å². The minimum atomic E-state index is 0. The van der Waals surface area contributed by atoms with Crippen LogP contribution < -0.4 is 15.3 Å². The van der Waals surface area contributed by atoms with Gasteiger partial charge >= 0.3 is 17.4 Å². The summed E-state index contributed by atoms with van der Waals surface area (Å²) in [5.41, 5.74) is 4.26. The van der Waals surface area contributed by atoms with Crippen molar-refractivity contribution in [2.75, 3.05) is 0 Å². The summed E-state index contributed by atoms with van der Waals surface area (Å²) >= 11 is 0. The van der Waals surface area contributed by atoms with Gasteiger partial charge in [0.2, 0.25) is 0 Å². The van der Waals surface area contributed by atoms with Crippen LogP contribution in [0.1, 0.15) is 0 Å². The summed E-state index contributed by atoms with van der Waals surface area (Å²) in [6, 6.07) is 33.5. The van der Waals surface area contributed by atoms with Gasteiger partial charge in [-0.3, -0.25) is 45.2 Å². The quantitative estimate of drug-likeness (QED) is 0.208. The van der Waals surface area contributed by atoms with Crippen LogP contribution in [0.25, 0.3) is 69.1 Å². The first-order valence-corrected chi connectivity index (χ1v) is 15.4. The SMILES string of the molecule is O.O.O.O.O.O.[Cr+3].c1ccc(-c2n[n-]c(-c3ccccn3)n2)nc1.c1ccc(-c2n[n-]c(-c3ccccn3)n2)nc1.c1ccc(-c2n[n-]c(-c3ccccn3)n2)nc1. The maximum atomic E-state index is 4.30. The normalized spacial score (nSPS) is 9.10. The van der Waals surface area contributed by atoms with Crippen molar-refractivity contribution in [3.63, 3.8) is 0 Å². The van der Waals surface area contributed by atoms with E-state index in [4.69, 9.17) is 0 Å². The van der Waals surface area contributed by atoms with Crippen molar-refractivity contribution in [3.05, 3.63) is 146 Å². The average Bonchev–Trinajstić information content (AvgIpc) is 4.03. The van der Waals surface area contributed by atoms with E-state index in [9.17, 15) is 0 Å². The fraction of sp³-hybridized carbons (Fsp3) is 0. The Hall–Kier alpha value is -7.39. The van der Waals surface area contributed by atoms with E-state index in [2.05, 4.69) is 75.4 Å². The Labute approximate surface area is 340 Å². The molecule has 0 aliphatic carbocycles. The molecule has 9 heterocycles. The first-order chi connectivity index (χ1) is 25.3. The molecule has 0 aliphatic rings. The van der Waals surface area contributed by atoms with Gasteiger partial charge in [-0.05, 0) is 90.3 Å². The summed E-state index contributed by atoms with van der Waals surface area (Å²) in [6.07, 6.45) is 10.2. The van der Waals surface area contributed by atoms with E-state index in [1.165, 1.54) is 0 Å². The summed E-state index contributed by atoms with van der Waals surface area (Å²) in [5.74, 6) is 3.12. The zero-order chi connectivity index (χ0) is 34.5. The molecule has 9 aromatic rings. The van der Waals surface area contributed by atoms with E-state index < -0.39 is 0 Å². The molecule has 0 saturated heterocycles. The fourth-order valence-electron chi connectivity index (χ4n) is 4.34. The molecule has 0 fully saturated rings. The molecule has 0 unspecified atom stereocenters. The molecule has 0 amide bonds. The third kappa shape index (κ3) is 13.1. The second kappa shape index (κ2) is 25.6. The van der Waals surface area contributed by atoms with Crippen molar-refractivity contribution < 1.29 is 50.2 Å². The van der Waals surface area contributed by atoms with Crippen molar-refractivity contribution in [1.29, 1.82) is 0 Å². The molecule has 22 heteroatoms. The predicted molar refractivity (Wildman–Crippen MR) is 207 cm³/mol. The van der Waals surface area contributed by atoms with E-state index in [1.807, 2.05) is 109 Å². The zero-order valence-electron chi connectivity index (χ0n) is 30.0. The first-order valence-electron chi connectivity index (χ1n) is 15.4. The van der Waals surface area contributed by atoms with Gasteiger partial charge in [0.05, 0.1) is 51.6 Å². The van der Waals surface area contributed by atoms with Gasteiger partial charge in [0.15, 0.2) is 0 Å². The van der Waals surface area contributed by atoms with Crippen molar-refractivity contribution in [1.82, 2.24) is 75.4 Å². The Balaban J connectivity index is 0.000000792. The van der Waals surface area contributed by atoms with Crippen LogP contribution in [0.3, 0.4) is 0 Å². The van der Waals surface area contributed by atoms with Gasteiger partial charge < -0.3 is 63.1 Å². The first kappa shape index (κ1) is 50.6. The minimum Gasteiger partial charge on any atom is -0.415 e. The van der Waals surface area contributed by atoms with E-state index in [0.717, 1.165) is 0 Å². The van der Waals surface area contributed by atoms with Crippen molar-refractivity contribution in [2.24, 2.45) is 0 Å². The summed E-state index contributed by atoms with van der Waals surface area (Å²) in [6.45, 7) is 0. The molecule has 297 valence electrons. The number of hydrogen-bond acceptors (Lipinski definition) is 12. The van der Waals surface area contributed by atoms with Gasteiger partial charge in [-0.2, -0.15) is 0 Å². The molecule has 0 saturated carbocycles. The Morgan fingerprint density at radius 1 is 0.276 bits per heavy atom. The van der Waals surface area contributed by atoms with Crippen molar-refractivity contribution >= 4 is 0 Å². The van der Waals surface area contributed by atoms with Crippen LogP contribution in [-0.4, -0.2) is 93.0 Å². The van der Waals surface area contributed by atoms with Crippen LogP contribution in [-0.2, 0) is 17.4 Å². The van der Waals surface area contributed by atoms with Gasteiger partial charge in [0, 0.05) is 37.2 Å². The van der Waals surface area contributed by atoms with Crippen LogP contribution >= 0.6 is 0 Å².